The van der Waals surface area contributed by atoms with Crippen molar-refractivity contribution in [2.75, 3.05) is 13.2 Å². The molecule has 0 aromatic carbocycles. The van der Waals surface area contributed by atoms with Gasteiger partial charge in [0.15, 0.2) is 0 Å². The number of hydrogen-bond donors (Lipinski definition) is 0. The number of carbonyl (C=O) groups excluding carboxylic acids is 2. The summed E-state index contributed by atoms with van der Waals surface area (Å²) >= 11 is 0. The topological polar surface area (TPSA) is 52.6 Å². The molecular weight excluding hydrogens is 544 g/mol. The highest BCUT2D eigenvalue weighted by molar-refractivity contribution is 5.82. The maximum Gasteiger partial charge on any atom is 0.310 e. The Labute approximate surface area is 276 Å². The first kappa shape index (κ1) is 42.9. The molecule has 1 saturated carbocycles. The van der Waals surface area contributed by atoms with E-state index in [0.29, 0.717) is 25.0 Å². The van der Waals surface area contributed by atoms with Crippen LogP contribution in [0, 0.1) is 53.3 Å². The molecule has 0 aromatic heterocycles. The summed E-state index contributed by atoms with van der Waals surface area (Å²) < 4.78 is 11.1. The second-order valence-corrected chi connectivity index (χ2v) is 15.1. The zero-order valence-electron chi connectivity index (χ0n) is 31.6. The second kappa shape index (κ2) is 26.1. The van der Waals surface area contributed by atoms with E-state index in [4.69, 9.17) is 9.47 Å². The van der Waals surface area contributed by atoms with Crippen LogP contribution in [0.5, 0.6) is 0 Å². The summed E-state index contributed by atoms with van der Waals surface area (Å²) in [6.45, 7) is 24.9. The summed E-state index contributed by atoms with van der Waals surface area (Å²) in [6.07, 6.45) is 19.4. The predicted molar refractivity (Wildman–Crippen MR) is 190 cm³/mol. The van der Waals surface area contributed by atoms with Gasteiger partial charge in [-0.1, -0.05) is 146 Å². The van der Waals surface area contributed by atoms with Crippen LogP contribution in [0.4, 0.5) is 0 Å². The Hall–Kier alpha value is -1.06. The predicted octanol–water partition coefficient (Wildman–Crippen LogP) is 12.1. The third kappa shape index (κ3) is 19.5. The fourth-order valence-corrected chi connectivity index (χ4v) is 7.38. The molecular formula is C40H78O4. The molecule has 0 spiro atoms. The maximum atomic E-state index is 13.3. The van der Waals surface area contributed by atoms with E-state index in [1.807, 2.05) is 27.7 Å². The number of esters is 2. The summed E-state index contributed by atoms with van der Waals surface area (Å²) in [6, 6.07) is 0. The minimum atomic E-state index is -0.363. The van der Waals surface area contributed by atoms with Gasteiger partial charge in [-0.2, -0.15) is 0 Å². The second-order valence-electron chi connectivity index (χ2n) is 15.1. The molecule has 0 heterocycles. The Morgan fingerprint density at radius 1 is 0.568 bits per heavy atom. The normalized spacial score (nSPS) is 22.2. The minimum absolute atomic E-state index is 0.180. The number of hydrogen-bond acceptors (Lipinski definition) is 4. The molecule has 4 nitrogen and oxygen atoms in total. The van der Waals surface area contributed by atoms with Gasteiger partial charge in [0.1, 0.15) is 0 Å². The SMILES string of the molecule is CC.CCOC(=O)C1CC(CCCC(C)CCCC(C)C)CC(CCC(C)CCCC(C)CCCC(C)C)C1C(=O)OCC. The smallest absolute Gasteiger partial charge is 0.310 e. The molecule has 1 aliphatic carbocycles. The van der Waals surface area contributed by atoms with Crippen molar-refractivity contribution in [2.24, 2.45) is 53.3 Å². The monoisotopic (exact) mass is 623 g/mol. The number of carbonyl (C=O) groups is 2. The van der Waals surface area contributed by atoms with E-state index in [9.17, 15) is 9.59 Å². The molecule has 0 aromatic rings. The highest BCUT2D eigenvalue weighted by Crippen LogP contribution is 2.44. The lowest BCUT2D eigenvalue weighted by atomic mass is 9.64. The van der Waals surface area contributed by atoms with Gasteiger partial charge < -0.3 is 9.47 Å². The van der Waals surface area contributed by atoms with Crippen LogP contribution in [-0.4, -0.2) is 25.2 Å². The number of ether oxygens (including phenoxy) is 2. The van der Waals surface area contributed by atoms with Gasteiger partial charge in [-0.25, -0.2) is 0 Å². The van der Waals surface area contributed by atoms with Gasteiger partial charge >= 0.3 is 11.9 Å². The van der Waals surface area contributed by atoms with E-state index in [0.717, 1.165) is 55.8 Å². The largest absolute Gasteiger partial charge is 0.466 e. The summed E-state index contributed by atoms with van der Waals surface area (Å²) in [5.74, 6) is 3.41. The van der Waals surface area contributed by atoms with Crippen molar-refractivity contribution in [3.05, 3.63) is 0 Å². The molecule has 4 heteroatoms. The molecule has 0 saturated heterocycles. The van der Waals surface area contributed by atoms with Gasteiger partial charge in [-0.05, 0) is 74.5 Å². The van der Waals surface area contributed by atoms with Gasteiger partial charge in [0, 0.05) is 0 Å². The highest BCUT2D eigenvalue weighted by atomic mass is 16.5. The fourth-order valence-electron chi connectivity index (χ4n) is 7.38. The molecule has 0 aliphatic heterocycles. The Morgan fingerprint density at radius 3 is 1.48 bits per heavy atom. The van der Waals surface area contributed by atoms with Crippen molar-refractivity contribution in [2.45, 2.75) is 179 Å². The lowest BCUT2D eigenvalue weighted by molar-refractivity contribution is -0.167. The Bertz CT molecular complexity index is 701. The van der Waals surface area contributed by atoms with Crippen LogP contribution in [0.2, 0.25) is 0 Å². The maximum absolute atomic E-state index is 13.3. The molecule has 0 radical (unpaired) electrons. The Balaban J connectivity index is 0.00000904. The van der Waals surface area contributed by atoms with Gasteiger partial charge in [-0.3, -0.25) is 9.59 Å². The van der Waals surface area contributed by atoms with Gasteiger partial charge in [0.2, 0.25) is 0 Å². The zero-order valence-corrected chi connectivity index (χ0v) is 31.6. The van der Waals surface area contributed by atoms with E-state index in [1.54, 1.807) is 0 Å². The molecule has 1 aliphatic rings. The van der Waals surface area contributed by atoms with Crippen molar-refractivity contribution in [3.63, 3.8) is 0 Å². The first-order valence-electron chi connectivity index (χ1n) is 19.3. The van der Waals surface area contributed by atoms with Crippen LogP contribution in [0.3, 0.4) is 0 Å². The van der Waals surface area contributed by atoms with E-state index in [1.165, 1.54) is 70.6 Å². The van der Waals surface area contributed by atoms with E-state index >= 15 is 0 Å². The summed E-state index contributed by atoms with van der Waals surface area (Å²) in [5.41, 5.74) is 0. The van der Waals surface area contributed by atoms with Crippen molar-refractivity contribution in [1.82, 2.24) is 0 Å². The van der Waals surface area contributed by atoms with Crippen LogP contribution in [0.25, 0.3) is 0 Å². The first-order valence-corrected chi connectivity index (χ1v) is 19.3. The van der Waals surface area contributed by atoms with Gasteiger partial charge in [0.05, 0.1) is 25.0 Å². The lowest BCUT2D eigenvalue weighted by Crippen LogP contribution is -2.43. The van der Waals surface area contributed by atoms with Crippen molar-refractivity contribution >= 4 is 11.9 Å². The van der Waals surface area contributed by atoms with E-state index < -0.39 is 0 Å². The van der Waals surface area contributed by atoms with E-state index in [-0.39, 0.29) is 29.7 Å². The average Bonchev–Trinajstić information content (AvgIpc) is 2.96. The summed E-state index contributed by atoms with van der Waals surface area (Å²) in [4.78, 5) is 26.5. The van der Waals surface area contributed by atoms with Gasteiger partial charge in [-0.15, -0.1) is 0 Å². The summed E-state index contributed by atoms with van der Waals surface area (Å²) in [5, 5.41) is 0. The fraction of sp³-hybridized carbons (Fsp3) is 0.950. The van der Waals surface area contributed by atoms with Crippen molar-refractivity contribution in [3.8, 4) is 0 Å². The molecule has 0 N–H and O–H groups in total. The van der Waals surface area contributed by atoms with Crippen LogP contribution in [0.15, 0.2) is 0 Å². The molecule has 7 atom stereocenters. The van der Waals surface area contributed by atoms with E-state index in [2.05, 4.69) is 48.5 Å². The third-order valence-corrected chi connectivity index (χ3v) is 10.0. The Morgan fingerprint density at radius 2 is 1.00 bits per heavy atom. The Kier molecular flexibility index (Phi) is 25.4. The molecule has 0 amide bonds. The first-order chi connectivity index (χ1) is 21.0. The molecule has 1 rings (SSSR count). The average molecular weight is 623 g/mol. The van der Waals surface area contributed by atoms with Crippen molar-refractivity contribution in [1.29, 1.82) is 0 Å². The van der Waals surface area contributed by atoms with Crippen LogP contribution >= 0.6 is 0 Å². The van der Waals surface area contributed by atoms with Crippen LogP contribution < -0.4 is 0 Å². The number of rotatable bonds is 23. The molecule has 1 fully saturated rings. The minimum Gasteiger partial charge on any atom is -0.466 e. The molecule has 44 heavy (non-hydrogen) atoms. The zero-order chi connectivity index (χ0) is 33.5. The standard InChI is InChI=1S/C38H72O4.C2H6/c1-10-41-37(39)35-27-33(23-15-22-31(8)19-13-17-29(5)6)26-34(36(35)38(40)42-11-2)25-24-32(9)21-14-20-30(7)18-12-16-28(3)4;1-2/h28-36H,10-27H2,1-9H3;1-2H3. The molecule has 262 valence electrons. The summed E-state index contributed by atoms with van der Waals surface area (Å²) in [7, 11) is 0. The lowest BCUT2D eigenvalue weighted by Gasteiger charge is -2.40. The van der Waals surface area contributed by atoms with Crippen LogP contribution in [-0.2, 0) is 19.1 Å². The highest BCUT2D eigenvalue weighted by Gasteiger charge is 2.46. The third-order valence-electron chi connectivity index (χ3n) is 10.0. The quantitative estimate of drug-likeness (QED) is 0.106. The molecule has 0 bridgehead atoms. The van der Waals surface area contributed by atoms with Gasteiger partial charge in [0.25, 0.3) is 0 Å². The van der Waals surface area contributed by atoms with Crippen LogP contribution in [0.1, 0.15) is 179 Å². The van der Waals surface area contributed by atoms with Crippen molar-refractivity contribution < 1.29 is 19.1 Å². The molecule has 7 unspecified atom stereocenters.